The van der Waals surface area contributed by atoms with Crippen LogP contribution in [0.1, 0.15) is 25.7 Å². The van der Waals surface area contributed by atoms with Gasteiger partial charge in [-0.15, -0.1) is 11.8 Å². The molecule has 0 radical (unpaired) electrons. The monoisotopic (exact) mass is 244 g/mol. The number of hydrogen-bond acceptors (Lipinski definition) is 3. The van der Waals surface area contributed by atoms with Gasteiger partial charge in [0.05, 0.1) is 5.88 Å². The van der Waals surface area contributed by atoms with E-state index in [4.69, 9.17) is 5.11 Å². The summed E-state index contributed by atoms with van der Waals surface area (Å²) in [5.41, 5.74) is 0. The third kappa shape index (κ3) is 2.42. The Morgan fingerprint density at radius 1 is 1.31 bits per heavy atom. The Labute approximate surface area is 98.6 Å². The van der Waals surface area contributed by atoms with Gasteiger partial charge in [-0.1, -0.05) is 12.8 Å². The number of aliphatic carboxylic acids is 1. The van der Waals surface area contributed by atoms with Crippen LogP contribution in [-0.4, -0.2) is 45.7 Å². The first-order valence-electron chi connectivity index (χ1n) is 5.56. The lowest BCUT2D eigenvalue weighted by atomic mass is 10.2. The molecule has 0 aromatic carbocycles. The van der Waals surface area contributed by atoms with Crippen molar-refractivity contribution < 1.29 is 14.7 Å². The molecule has 0 unspecified atom stereocenters. The van der Waals surface area contributed by atoms with Gasteiger partial charge in [-0.05, 0) is 12.8 Å². The number of nitrogens with one attached hydrogen (secondary N) is 1. The Hall–Kier alpha value is -0.910. The van der Waals surface area contributed by atoms with Gasteiger partial charge in [-0.2, -0.15) is 0 Å². The van der Waals surface area contributed by atoms with E-state index in [0.717, 1.165) is 25.7 Å². The van der Waals surface area contributed by atoms with E-state index in [1.54, 1.807) is 0 Å². The van der Waals surface area contributed by atoms with Crippen LogP contribution in [0.4, 0.5) is 4.79 Å². The molecule has 0 bridgehead atoms. The minimum atomic E-state index is -0.911. The van der Waals surface area contributed by atoms with Crippen molar-refractivity contribution in [2.75, 3.05) is 11.6 Å². The van der Waals surface area contributed by atoms with E-state index >= 15 is 0 Å². The maximum atomic E-state index is 11.9. The van der Waals surface area contributed by atoms with E-state index in [1.807, 2.05) is 0 Å². The quantitative estimate of drug-likeness (QED) is 0.763. The first-order valence-corrected chi connectivity index (χ1v) is 6.71. The Morgan fingerprint density at radius 2 is 2.00 bits per heavy atom. The molecule has 0 aromatic heterocycles. The van der Waals surface area contributed by atoms with Crippen LogP contribution >= 0.6 is 11.8 Å². The molecule has 0 aromatic rings. The number of urea groups is 1. The number of nitrogens with zero attached hydrogens (tertiary/aromatic N) is 1. The van der Waals surface area contributed by atoms with Gasteiger partial charge in [0, 0.05) is 11.8 Å². The lowest BCUT2D eigenvalue weighted by Crippen LogP contribution is -2.49. The lowest BCUT2D eigenvalue weighted by Gasteiger charge is -2.23. The van der Waals surface area contributed by atoms with Crippen LogP contribution in [0.2, 0.25) is 0 Å². The third-order valence-electron chi connectivity index (χ3n) is 3.11. The van der Waals surface area contributed by atoms with Gasteiger partial charge in [0.2, 0.25) is 0 Å². The normalized spacial score (nSPS) is 26.0. The maximum Gasteiger partial charge on any atom is 0.327 e. The van der Waals surface area contributed by atoms with E-state index in [0.29, 0.717) is 11.6 Å². The van der Waals surface area contributed by atoms with Gasteiger partial charge in [0.15, 0.2) is 0 Å². The van der Waals surface area contributed by atoms with Crippen LogP contribution in [-0.2, 0) is 4.79 Å². The number of thioether (sulfide) groups is 1. The van der Waals surface area contributed by atoms with Crippen molar-refractivity contribution in [3.63, 3.8) is 0 Å². The van der Waals surface area contributed by atoms with Crippen molar-refractivity contribution in [3.05, 3.63) is 0 Å². The molecular weight excluding hydrogens is 228 g/mol. The van der Waals surface area contributed by atoms with Crippen molar-refractivity contribution in [1.82, 2.24) is 10.2 Å². The first kappa shape index (κ1) is 11.6. The van der Waals surface area contributed by atoms with Crippen LogP contribution in [0.25, 0.3) is 0 Å². The van der Waals surface area contributed by atoms with Gasteiger partial charge in [0.1, 0.15) is 6.04 Å². The maximum absolute atomic E-state index is 11.9. The fourth-order valence-electron chi connectivity index (χ4n) is 2.18. The van der Waals surface area contributed by atoms with Gasteiger partial charge >= 0.3 is 12.0 Å². The molecule has 2 rings (SSSR count). The summed E-state index contributed by atoms with van der Waals surface area (Å²) in [6.45, 7) is 0. The SMILES string of the molecule is O=C(O)[C@@H]1CSCN1C(=O)NC1CCCC1. The van der Waals surface area contributed by atoms with Gasteiger partial charge in [0.25, 0.3) is 0 Å². The summed E-state index contributed by atoms with van der Waals surface area (Å²) in [5, 5.41) is 11.9. The highest BCUT2D eigenvalue weighted by Crippen LogP contribution is 2.22. The summed E-state index contributed by atoms with van der Waals surface area (Å²) < 4.78 is 0. The Kier molecular flexibility index (Phi) is 3.58. The number of carboxylic acid groups (broad SMARTS) is 1. The second-order valence-corrected chi connectivity index (χ2v) is 5.25. The molecule has 6 heteroatoms. The standard InChI is InChI=1S/C10H16N2O3S/c13-9(14)8-5-16-6-12(8)10(15)11-7-3-1-2-4-7/h7-8H,1-6H2,(H,11,15)(H,13,14)/t8-/m0/s1. The molecule has 1 heterocycles. The van der Waals surface area contributed by atoms with Crippen molar-refractivity contribution in [2.45, 2.75) is 37.8 Å². The van der Waals surface area contributed by atoms with Crippen LogP contribution in [0.5, 0.6) is 0 Å². The zero-order valence-corrected chi connectivity index (χ0v) is 9.83. The highest BCUT2D eigenvalue weighted by atomic mass is 32.2. The molecule has 5 nitrogen and oxygen atoms in total. The summed E-state index contributed by atoms with van der Waals surface area (Å²) in [6, 6.07) is -0.636. The first-order chi connectivity index (χ1) is 7.68. The zero-order chi connectivity index (χ0) is 11.5. The van der Waals surface area contributed by atoms with Crippen molar-refractivity contribution in [1.29, 1.82) is 0 Å². The largest absolute Gasteiger partial charge is 0.480 e. The number of amides is 2. The molecule has 90 valence electrons. The summed E-state index contributed by atoms with van der Waals surface area (Å²) in [4.78, 5) is 24.2. The van der Waals surface area contributed by atoms with Gasteiger partial charge in [-0.3, -0.25) is 0 Å². The molecule has 2 fully saturated rings. The van der Waals surface area contributed by atoms with E-state index in [2.05, 4.69) is 5.32 Å². The fourth-order valence-corrected chi connectivity index (χ4v) is 3.32. The molecule has 2 aliphatic rings. The zero-order valence-electron chi connectivity index (χ0n) is 9.02. The number of carboxylic acids is 1. The highest BCUT2D eigenvalue weighted by Gasteiger charge is 2.35. The number of carbonyl (C=O) groups excluding carboxylic acids is 1. The summed E-state index contributed by atoms with van der Waals surface area (Å²) in [6.07, 6.45) is 4.35. The number of rotatable bonds is 2. The topological polar surface area (TPSA) is 69.6 Å². The molecule has 1 aliphatic heterocycles. The van der Waals surface area contributed by atoms with Crippen LogP contribution < -0.4 is 5.32 Å². The van der Waals surface area contributed by atoms with Crippen molar-refractivity contribution in [2.24, 2.45) is 0 Å². The summed E-state index contributed by atoms with van der Waals surface area (Å²) in [5.74, 6) is 0.0646. The molecule has 0 spiro atoms. The van der Waals surface area contributed by atoms with E-state index in [1.165, 1.54) is 16.7 Å². The minimum Gasteiger partial charge on any atom is -0.480 e. The predicted octanol–water partition coefficient (Wildman–Crippen LogP) is 1.10. The second kappa shape index (κ2) is 4.95. The van der Waals surface area contributed by atoms with E-state index < -0.39 is 12.0 Å². The molecule has 1 aliphatic carbocycles. The van der Waals surface area contributed by atoms with E-state index in [-0.39, 0.29) is 12.1 Å². The van der Waals surface area contributed by atoms with Gasteiger partial charge < -0.3 is 15.3 Å². The van der Waals surface area contributed by atoms with Crippen LogP contribution in [0.15, 0.2) is 0 Å². The highest BCUT2D eigenvalue weighted by molar-refractivity contribution is 7.99. The molecular formula is C10H16N2O3S. The minimum absolute atomic E-state index is 0.218. The molecule has 1 saturated heterocycles. The van der Waals surface area contributed by atoms with Crippen molar-refractivity contribution >= 4 is 23.8 Å². The Bertz CT molecular complexity index is 292. The van der Waals surface area contributed by atoms with Gasteiger partial charge in [-0.25, -0.2) is 9.59 Å². The lowest BCUT2D eigenvalue weighted by molar-refractivity contribution is -0.140. The van der Waals surface area contributed by atoms with Crippen LogP contribution in [0, 0.1) is 0 Å². The van der Waals surface area contributed by atoms with Crippen molar-refractivity contribution in [3.8, 4) is 0 Å². The van der Waals surface area contributed by atoms with E-state index in [9.17, 15) is 9.59 Å². The average Bonchev–Trinajstić information content (AvgIpc) is 2.86. The Balaban J connectivity index is 1.90. The number of hydrogen-bond donors (Lipinski definition) is 2. The second-order valence-electron chi connectivity index (χ2n) is 4.25. The summed E-state index contributed by atoms with van der Waals surface area (Å²) in [7, 11) is 0. The molecule has 16 heavy (non-hydrogen) atoms. The third-order valence-corrected chi connectivity index (χ3v) is 4.12. The smallest absolute Gasteiger partial charge is 0.327 e. The Morgan fingerprint density at radius 3 is 2.62 bits per heavy atom. The molecule has 1 atom stereocenters. The average molecular weight is 244 g/mol. The predicted molar refractivity (Wildman–Crippen MR) is 61.4 cm³/mol. The molecule has 2 amide bonds. The molecule has 1 saturated carbocycles. The fraction of sp³-hybridized carbons (Fsp3) is 0.800. The van der Waals surface area contributed by atoms with Crippen LogP contribution in [0.3, 0.4) is 0 Å². The summed E-state index contributed by atoms with van der Waals surface area (Å²) >= 11 is 1.49. The number of carbonyl (C=O) groups is 2. The molecule has 2 N–H and O–H groups in total.